The molecule has 2 aromatic rings. The summed E-state index contributed by atoms with van der Waals surface area (Å²) < 4.78 is 2.44. The van der Waals surface area contributed by atoms with Crippen LogP contribution in [0.2, 0.25) is 0 Å². The summed E-state index contributed by atoms with van der Waals surface area (Å²) in [6.45, 7) is 4.43. The standard InChI is InChI=1S/C12H16N2S2/c1-8(13-3)9(2)15-12-14-10-6-4-5-7-11(10)16-12/h4-9,13H,1-3H3. The lowest BCUT2D eigenvalue weighted by Crippen LogP contribution is -2.30. The highest BCUT2D eigenvalue weighted by molar-refractivity contribution is 8.01. The van der Waals surface area contributed by atoms with Crippen LogP contribution in [-0.4, -0.2) is 23.3 Å². The first kappa shape index (κ1) is 11.9. The van der Waals surface area contributed by atoms with Crippen LogP contribution in [-0.2, 0) is 0 Å². The van der Waals surface area contributed by atoms with E-state index in [9.17, 15) is 0 Å². The van der Waals surface area contributed by atoms with Gasteiger partial charge in [0.1, 0.15) is 0 Å². The van der Waals surface area contributed by atoms with Crippen molar-refractivity contribution < 1.29 is 0 Å². The number of hydrogen-bond acceptors (Lipinski definition) is 4. The van der Waals surface area contributed by atoms with Gasteiger partial charge in [-0.05, 0) is 26.1 Å². The lowest BCUT2D eigenvalue weighted by atomic mass is 10.3. The molecule has 0 aliphatic rings. The van der Waals surface area contributed by atoms with Crippen molar-refractivity contribution in [3.05, 3.63) is 24.3 Å². The summed E-state index contributed by atoms with van der Waals surface area (Å²) in [4.78, 5) is 4.62. The minimum absolute atomic E-state index is 0.497. The van der Waals surface area contributed by atoms with Crippen LogP contribution in [0.25, 0.3) is 10.2 Å². The predicted octanol–water partition coefficient (Wildman–Crippen LogP) is 3.38. The molecule has 1 aromatic heterocycles. The number of rotatable bonds is 4. The SMILES string of the molecule is CNC(C)C(C)Sc1nc2ccccc2s1. The van der Waals surface area contributed by atoms with E-state index in [1.807, 2.05) is 24.9 Å². The van der Waals surface area contributed by atoms with E-state index in [4.69, 9.17) is 0 Å². The zero-order valence-corrected chi connectivity index (χ0v) is 11.4. The van der Waals surface area contributed by atoms with Gasteiger partial charge in [0.25, 0.3) is 0 Å². The molecule has 86 valence electrons. The average Bonchev–Trinajstić information content (AvgIpc) is 2.69. The van der Waals surface area contributed by atoms with E-state index >= 15 is 0 Å². The third-order valence-corrected chi connectivity index (χ3v) is 5.16. The Morgan fingerprint density at radius 2 is 2.06 bits per heavy atom. The van der Waals surface area contributed by atoms with E-state index in [0.717, 1.165) is 9.86 Å². The maximum absolute atomic E-state index is 4.62. The molecular weight excluding hydrogens is 236 g/mol. The molecule has 0 bridgehead atoms. The normalized spacial score (nSPS) is 15.2. The molecule has 0 fully saturated rings. The summed E-state index contributed by atoms with van der Waals surface area (Å²) in [5, 5.41) is 3.81. The van der Waals surface area contributed by atoms with Gasteiger partial charge < -0.3 is 5.32 Å². The second-order valence-corrected chi connectivity index (χ2v) is 6.50. The molecule has 0 amide bonds. The number of para-hydroxylation sites is 1. The fraction of sp³-hybridized carbons (Fsp3) is 0.417. The highest BCUT2D eigenvalue weighted by Gasteiger charge is 2.14. The fourth-order valence-electron chi connectivity index (χ4n) is 1.40. The van der Waals surface area contributed by atoms with Crippen LogP contribution in [0.15, 0.2) is 28.6 Å². The molecule has 0 saturated heterocycles. The van der Waals surface area contributed by atoms with Crippen LogP contribution in [0.3, 0.4) is 0 Å². The Hall–Kier alpha value is -0.580. The Morgan fingerprint density at radius 1 is 1.31 bits per heavy atom. The number of thioether (sulfide) groups is 1. The van der Waals surface area contributed by atoms with Gasteiger partial charge in [-0.25, -0.2) is 4.98 Å². The van der Waals surface area contributed by atoms with Gasteiger partial charge in [-0.3, -0.25) is 0 Å². The van der Waals surface area contributed by atoms with Crippen molar-refractivity contribution in [2.45, 2.75) is 29.5 Å². The molecule has 0 saturated carbocycles. The van der Waals surface area contributed by atoms with Gasteiger partial charge in [-0.1, -0.05) is 30.8 Å². The number of nitrogens with one attached hydrogen (secondary N) is 1. The first-order valence-corrected chi connectivity index (χ1v) is 7.10. The van der Waals surface area contributed by atoms with Gasteiger partial charge in [-0.15, -0.1) is 11.3 Å². The number of fused-ring (bicyclic) bond motifs is 1. The zero-order chi connectivity index (χ0) is 11.5. The Bertz CT molecular complexity index is 434. The molecule has 16 heavy (non-hydrogen) atoms. The molecule has 2 nitrogen and oxygen atoms in total. The molecule has 2 atom stereocenters. The minimum Gasteiger partial charge on any atom is -0.316 e. The summed E-state index contributed by atoms with van der Waals surface area (Å²) in [6, 6.07) is 8.80. The maximum atomic E-state index is 4.62. The molecule has 2 unspecified atom stereocenters. The molecule has 0 spiro atoms. The van der Waals surface area contributed by atoms with Crippen LogP contribution in [0.1, 0.15) is 13.8 Å². The molecule has 4 heteroatoms. The Kier molecular flexibility index (Phi) is 3.84. The molecule has 1 aromatic carbocycles. The summed E-state index contributed by atoms with van der Waals surface area (Å²) in [5.74, 6) is 0. The Balaban J connectivity index is 2.15. The number of hydrogen-bond donors (Lipinski definition) is 1. The van der Waals surface area contributed by atoms with Crippen molar-refractivity contribution in [2.75, 3.05) is 7.05 Å². The van der Waals surface area contributed by atoms with Crippen LogP contribution >= 0.6 is 23.1 Å². The van der Waals surface area contributed by atoms with E-state index in [1.54, 1.807) is 11.3 Å². The zero-order valence-electron chi connectivity index (χ0n) is 9.73. The Morgan fingerprint density at radius 3 is 2.75 bits per heavy atom. The second kappa shape index (κ2) is 5.17. The molecule has 0 aliphatic heterocycles. The van der Waals surface area contributed by atoms with Gasteiger partial charge in [-0.2, -0.15) is 0 Å². The van der Waals surface area contributed by atoms with Gasteiger partial charge >= 0.3 is 0 Å². The van der Waals surface area contributed by atoms with E-state index in [1.165, 1.54) is 4.70 Å². The predicted molar refractivity (Wildman–Crippen MR) is 73.5 cm³/mol. The van der Waals surface area contributed by atoms with Crippen LogP contribution in [0, 0.1) is 0 Å². The van der Waals surface area contributed by atoms with Gasteiger partial charge in [0.05, 0.1) is 10.2 Å². The summed E-state index contributed by atoms with van der Waals surface area (Å²) in [7, 11) is 2.00. The summed E-state index contributed by atoms with van der Waals surface area (Å²) >= 11 is 3.62. The molecule has 1 heterocycles. The van der Waals surface area contributed by atoms with Crippen molar-refractivity contribution in [1.29, 1.82) is 0 Å². The number of aromatic nitrogens is 1. The summed E-state index contributed by atoms with van der Waals surface area (Å²) in [5.41, 5.74) is 1.11. The van der Waals surface area contributed by atoms with Gasteiger partial charge in [0.15, 0.2) is 4.34 Å². The number of nitrogens with zero attached hydrogens (tertiary/aromatic N) is 1. The second-order valence-electron chi connectivity index (χ2n) is 3.85. The lowest BCUT2D eigenvalue weighted by Gasteiger charge is -2.16. The molecule has 0 aliphatic carbocycles. The third kappa shape index (κ3) is 2.56. The number of benzene rings is 1. The quantitative estimate of drug-likeness (QED) is 0.844. The van der Waals surface area contributed by atoms with E-state index in [2.05, 4.69) is 42.3 Å². The van der Waals surface area contributed by atoms with Gasteiger partial charge in [0, 0.05) is 11.3 Å². The number of thiazole rings is 1. The largest absolute Gasteiger partial charge is 0.316 e. The van der Waals surface area contributed by atoms with Crippen LogP contribution in [0.4, 0.5) is 0 Å². The molecule has 2 rings (SSSR count). The van der Waals surface area contributed by atoms with Crippen molar-refractivity contribution in [1.82, 2.24) is 10.3 Å². The Labute approximate surface area is 104 Å². The van der Waals surface area contributed by atoms with E-state index in [-0.39, 0.29) is 0 Å². The molecular formula is C12H16N2S2. The first-order valence-electron chi connectivity index (χ1n) is 5.40. The highest BCUT2D eigenvalue weighted by Crippen LogP contribution is 2.32. The van der Waals surface area contributed by atoms with Crippen LogP contribution < -0.4 is 5.32 Å². The van der Waals surface area contributed by atoms with E-state index in [0.29, 0.717) is 11.3 Å². The average molecular weight is 252 g/mol. The third-order valence-electron chi connectivity index (χ3n) is 2.72. The van der Waals surface area contributed by atoms with Crippen molar-refractivity contribution in [3.63, 3.8) is 0 Å². The first-order chi connectivity index (χ1) is 7.70. The molecule has 1 N–H and O–H groups in total. The van der Waals surface area contributed by atoms with Crippen molar-refractivity contribution in [2.24, 2.45) is 0 Å². The highest BCUT2D eigenvalue weighted by atomic mass is 32.2. The maximum Gasteiger partial charge on any atom is 0.151 e. The molecule has 0 radical (unpaired) electrons. The van der Waals surface area contributed by atoms with Crippen LogP contribution in [0.5, 0.6) is 0 Å². The van der Waals surface area contributed by atoms with E-state index < -0.39 is 0 Å². The van der Waals surface area contributed by atoms with Gasteiger partial charge in [0.2, 0.25) is 0 Å². The monoisotopic (exact) mass is 252 g/mol. The van der Waals surface area contributed by atoms with Crippen molar-refractivity contribution >= 4 is 33.3 Å². The smallest absolute Gasteiger partial charge is 0.151 e. The van der Waals surface area contributed by atoms with Crippen molar-refractivity contribution in [3.8, 4) is 0 Å². The fourth-order valence-corrected chi connectivity index (χ4v) is 3.82. The minimum atomic E-state index is 0.497. The topological polar surface area (TPSA) is 24.9 Å². The lowest BCUT2D eigenvalue weighted by molar-refractivity contribution is 0.605. The summed E-state index contributed by atoms with van der Waals surface area (Å²) in [6.07, 6.45) is 0.